The van der Waals surface area contributed by atoms with Gasteiger partial charge in [-0.05, 0) is 18.2 Å². The predicted molar refractivity (Wildman–Crippen MR) is 77.5 cm³/mol. The van der Waals surface area contributed by atoms with Crippen LogP contribution in [0.2, 0.25) is 0 Å². The number of rotatable bonds is 7. The fraction of sp³-hybridized carbons (Fsp3) is 0.385. The minimum absolute atomic E-state index is 0.137. The van der Waals surface area contributed by atoms with Crippen molar-refractivity contribution < 1.29 is 14.3 Å². The van der Waals surface area contributed by atoms with Crippen LogP contribution in [0.15, 0.2) is 18.2 Å². The molecule has 0 heterocycles. The molecule has 7 heteroatoms. The van der Waals surface area contributed by atoms with E-state index in [1.54, 1.807) is 37.3 Å². The third kappa shape index (κ3) is 4.43. The molecular weight excluding hydrogens is 260 g/mol. The van der Waals surface area contributed by atoms with E-state index in [9.17, 15) is 9.59 Å². The van der Waals surface area contributed by atoms with Gasteiger partial charge in [-0.1, -0.05) is 0 Å². The van der Waals surface area contributed by atoms with Gasteiger partial charge in [0.15, 0.2) is 0 Å². The summed E-state index contributed by atoms with van der Waals surface area (Å²) < 4.78 is 4.84. The van der Waals surface area contributed by atoms with Gasteiger partial charge in [0.1, 0.15) is 0 Å². The van der Waals surface area contributed by atoms with Crippen molar-refractivity contribution in [3.63, 3.8) is 0 Å². The van der Waals surface area contributed by atoms with Crippen LogP contribution in [0.4, 0.5) is 11.4 Å². The quantitative estimate of drug-likeness (QED) is 0.463. The molecule has 0 saturated heterocycles. The lowest BCUT2D eigenvalue weighted by Gasteiger charge is -2.19. The van der Waals surface area contributed by atoms with E-state index in [2.05, 4.69) is 5.32 Å². The summed E-state index contributed by atoms with van der Waals surface area (Å²) in [4.78, 5) is 24.6. The fourth-order valence-electron chi connectivity index (χ4n) is 1.65. The van der Waals surface area contributed by atoms with Crippen molar-refractivity contribution in [2.24, 2.45) is 5.73 Å². The van der Waals surface area contributed by atoms with Crippen LogP contribution in [0.5, 0.6) is 0 Å². The first kappa shape index (κ1) is 15.8. The average Bonchev–Trinajstić information content (AvgIpc) is 2.39. The molecular formula is C13H20N4O3. The number of benzene rings is 1. The molecule has 0 spiro atoms. The largest absolute Gasteiger partial charge is 0.398 e. The summed E-state index contributed by atoms with van der Waals surface area (Å²) in [5.41, 5.74) is 12.1. The van der Waals surface area contributed by atoms with Crippen molar-refractivity contribution in [3.05, 3.63) is 23.8 Å². The molecule has 0 aliphatic heterocycles. The van der Waals surface area contributed by atoms with E-state index in [0.717, 1.165) is 0 Å². The van der Waals surface area contributed by atoms with Gasteiger partial charge in [-0.15, -0.1) is 0 Å². The topological polar surface area (TPSA) is 111 Å². The first-order valence-electron chi connectivity index (χ1n) is 6.11. The number of primary amides is 1. The summed E-state index contributed by atoms with van der Waals surface area (Å²) in [6, 6.07) is 4.89. The second-order valence-corrected chi connectivity index (χ2v) is 4.33. The smallest absolute Gasteiger partial charge is 0.250 e. The van der Waals surface area contributed by atoms with Crippen molar-refractivity contribution in [1.82, 2.24) is 5.32 Å². The van der Waals surface area contributed by atoms with Crippen LogP contribution >= 0.6 is 0 Å². The number of carbonyl (C=O) groups excluding carboxylic acids is 2. The number of amides is 2. The van der Waals surface area contributed by atoms with Crippen molar-refractivity contribution in [3.8, 4) is 0 Å². The van der Waals surface area contributed by atoms with E-state index in [1.165, 1.54) is 0 Å². The summed E-state index contributed by atoms with van der Waals surface area (Å²) >= 11 is 0. The molecule has 1 aromatic rings. The maximum atomic E-state index is 11.7. The predicted octanol–water partition coefficient (Wildman–Crippen LogP) is -0.433. The monoisotopic (exact) mass is 280 g/mol. The molecule has 0 unspecified atom stereocenters. The molecule has 0 saturated carbocycles. The molecule has 2 amide bonds. The highest BCUT2D eigenvalue weighted by Gasteiger charge is 2.11. The lowest BCUT2D eigenvalue weighted by molar-refractivity contribution is -0.119. The SMILES string of the molecule is COCCNC(=O)CN(C)c1ccc(N)c(C(N)=O)c1. The Morgan fingerprint density at radius 1 is 1.40 bits per heavy atom. The summed E-state index contributed by atoms with van der Waals surface area (Å²) in [5, 5.41) is 2.71. The number of ether oxygens (including phenoxy) is 1. The standard InChI is InChI=1S/C13H20N4O3/c1-17(8-12(18)16-5-6-20-2)9-3-4-11(14)10(7-9)13(15)19/h3-4,7H,5-6,8,14H2,1-2H3,(H2,15,19)(H,16,18). The Morgan fingerprint density at radius 2 is 2.10 bits per heavy atom. The van der Waals surface area contributed by atoms with Gasteiger partial charge in [0.2, 0.25) is 5.91 Å². The molecule has 0 atom stereocenters. The van der Waals surface area contributed by atoms with E-state index in [1.807, 2.05) is 0 Å². The second-order valence-electron chi connectivity index (χ2n) is 4.33. The normalized spacial score (nSPS) is 10.1. The maximum Gasteiger partial charge on any atom is 0.250 e. The first-order chi connectivity index (χ1) is 9.45. The summed E-state index contributed by atoms with van der Waals surface area (Å²) in [6.07, 6.45) is 0. The van der Waals surface area contributed by atoms with Crippen molar-refractivity contribution in [1.29, 1.82) is 0 Å². The number of methoxy groups -OCH3 is 1. The van der Waals surface area contributed by atoms with E-state index in [0.29, 0.717) is 24.5 Å². The van der Waals surface area contributed by atoms with Crippen LogP contribution in [-0.2, 0) is 9.53 Å². The molecule has 7 nitrogen and oxygen atoms in total. The Kier molecular flexibility index (Phi) is 5.79. The number of hydrogen-bond acceptors (Lipinski definition) is 5. The first-order valence-corrected chi connectivity index (χ1v) is 6.11. The molecule has 0 aromatic heterocycles. The number of hydrogen-bond donors (Lipinski definition) is 3. The molecule has 0 bridgehead atoms. The van der Waals surface area contributed by atoms with Gasteiger partial charge in [0, 0.05) is 32.1 Å². The summed E-state index contributed by atoms with van der Waals surface area (Å²) in [6.45, 7) is 1.08. The van der Waals surface area contributed by atoms with Gasteiger partial charge in [-0.25, -0.2) is 0 Å². The molecule has 0 aliphatic carbocycles. The lowest BCUT2D eigenvalue weighted by atomic mass is 10.1. The zero-order valence-corrected chi connectivity index (χ0v) is 11.7. The Hall–Kier alpha value is -2.28. The van der Waals surface area contributed by atoms with E-state index in [-0.39, 0.29) is 18.0 Å². The summed E-state index contributed by atoms with van der Waals surface area (Å²) in [5.74, 6) is -0.732. The van der Waals surface area contributed by atoms with Crippen LogP contribution < -0.4 is 21.7 Å². The minimum Gasteiger partial charge on any atom is -0.398 e. The molecule has 1 aromatic carbocycles. The molecule has 5 N–H and O–H groups in total. The molecule has 110 valence electrons. The maximum absolute atomic E-state index is 11.7. The van der Waals surface area contributed by atoms with Gasteiger partial charge in [0.25, 0.3) is 5.91 Å². The van der Waals surface area contributed by atoms with Crippen LogP contribution in [0.3, 0.4) is 0 Å². The number of nitrogen functional groups attached to an aromatic ring is 1. The highest BCUT2D eigenvalue weighted by molar-refractivity contribution is 5.99. The highest BCUT2D eigenvalue weighted by Crippen LogP contribution is 2.19. The number of carbonyl (C=O) groups is 2. The van der Waals surface area contributed by atoms with Gasteiger partial charge < -0.3 is 26.4 Å². The third-order valence-electron chi connectivity index (χ3n) is 2.75. The molecule has 1 rings (SSSR count). The minimum atomic E-state index is -0.595. The highest BCUT2D eigenvalue weighted by atomic mass is 16.5. The molecule has 0 fully saturated rings. The summed E-state index contributed by atoms with van der Waals surface area (Å²) in [7, 11) is 3.31. The van der Waals surface area contributed by atoms with Crippen LogP contribution in [0.25, 0.3) is 0 Å². The van der Waals surface area contributed by atoms with Gasteiger partial charge in [-0.3, -0.25) is 9.59 Å². The van der Waals surface area contributed by atoms with Crippen LogP contribution in [-0.4, -0.2) is 45.7 Å². The van der Waals surface area contributed by atoms with E-state index < -0.39 is 5.91 Å². The van der Waals surface area contributed by atoms with Crippen molar-refractivity contribution >= 4 is 23.2 Å². The Morgan fingerprint density at radius 3 is 2.70 bits per heavy atom. The van der Waals surface area contributed by atoms with Gasteiger partial charge in [-0.2, -0.15) is 0 Å². The van der Waals surface area contributed by atoms with E-state index >= 15 is 0 Å². The third-order valence-corrected chi connectivity index (χ3v) is 2.75. The Balaban J connectivity index is 2.68. The number of nitrogens with one attached hydrogen (secondary N) is 1. The Bertz CT molecular complexity index is 491. The van der Waals surface area contributed by atoms with Gasteiger partial charge >= 0.3 is 0 Å². The molecule has 20 heavy (non-hydrogen) atoms. The van der Waals surface area contributed by atoms with Crippen molar-refractivity contribution in [2.75, 3.05) is 44.5 Å². The zero-order chi connectivity index (χ0) is 15.1. The number of anilines is 2. The second kappa shape index (κ2) is 7.34. The van der Waals surface area contributed by atoms with Crippen LogP contribution in [0.1, 0.15) is 10.4 Å². The van der Waals surface area contributed by atoms with Gasteiger partial charge in [0.05, 0.1) is 18.7 Å². The number of likely N-dealkylation sites (N-methyl/N-ethyl adjacent to an activating group) is 1. The lowest BCUT2D eigenvalue weighted by Crippen LogP contribution is -2.36. The van der Waals surface area contributed by atoms with Crippen LogP contribution in [0, 0.1) is 0 Å². The van der Waals surface area contributed by atoms with E-state index in [4.69, 9.17) is 16.2 Å². The zero-order valence-electron chi connectivity index (χ0n) is 11.7. The number of nitrogens with two attached hydrogens (primary N) is 2. The fourth-order valence-corrected chi connectivity index (χ4v) is 1.65. The number of nitrogens with zero attached hydrogens (tertiary/aromatic N) is 1. The Labute approximate surface area is 117 Å². The van der Waals surface area contributed by atoms with Crippen molar-refractivity contribution in [2.45, 2.75) is 0 Å². The molecule has 0 aliphatic rings. The average molecular weight is 280 g/mol. The molecule has 0 radical (unpaired) electrons.